The van der Waals surface area contributed by atoms with Gasteiger partial charge < -0.3 is 9.73 Å². The second-order valence-corrected chi connectivity index (χ2v) is 3.86. The number of carbonyl (C=O) groups is 1. The van der Waals surface area contributed by atoms with Crippen LogP contribution < -0.4 is 5.32 Å². The molecule has 0 aliphatic carbocycles. The molecule has 1 N–H and O–H groups in total. The highest BCUT2D eigenvalue weighted by molar-refractivity contribution is 9.10. The first-order valence-electron chi connectivity index (χ1n) is 4.33. The van der Waals surface area contributed by atoms with E-state index in [1.165, 1.54) is 6.26 Å². The van der Waals surface area contributed by atoms with Crippen molar-refractivity contribution in [2.24, 2.45) is 0 Å². The maximum absolute atomic E-state index is 11.5. The van der Waals surface area contributed by atoms with Gasteiger partial charge in [0.1, 0.15) is 0 Å². The quantitative estimate of drug-likeness (QED) is 0.666. The number of hydrogen-bond acceptors (Lipinski definition) is 2. The maximum atomic E-state index is 11.5. The molecule has 1 heterocycles. The van der Waals surface area contributed by atoms with E-state index in [1.54, 1.807) is 6.07 Å². The molecule has 0 radical (unpaired) electrons. The van der Waals surface area contributed by atoms with Gasteiger partial charge in [0.05, 0.1) is 11.8 Å². The topological polar surface area (TPSA) is 42.2 Å². The molecule has 14 heavy (non-hydrogen) atoms. The molecule has 0 spiro atoms. The third-order valence-corrected chi connectivity index (χ3v) is 2.59. The second-order valence-electron chi connectivity index (χ2n) is 2.76. The van der Waals surface area contributed by atoms with Crippen LogP contribution in [0.4, 0.5) is 0 Å². The van der Waals surface area contributed by atoms with Gasteiger partial charge >= 0.3 is 0 Å². The SMILES string of the molecule is O=C(NCCCCCl)c1ccoc1Br. The van der Waals surface area contributed by atoms with Gasteiger partial charge in [-0.05, 0) is 34.8 Å². The maximum Gasteiger partial charge on any atom is 0.255 e. The first-order valence-corrected chi connectivity index (χ1v) is 5.65. The van der Waals surface area contributed by atoms with Crippen molar-refractivity contribution in [2.75, 3.05) is 12.4 Å². The number of rotatable bonds is 5. The van der Waals surface area contributed by atoms with Crippen molar-refractivity contribution in [1.82, 2.24) is 5.32 Å². The highest BCUT2D eigenvalue weighted by atomic mass is 79.9. The van der Waals surface area contributed by atoms with Crippen LogP contribution in [0.1, 0.15) is 23.2 Å². The predicted octanol–water partition coefficient (Wildman–Crippen LogP) is 2.79. The lowest BCUT2D eigenvalue weighted by molar-refractivity contribution is 0.0951. The van der Waals surface area contributed by atoms with Crippen molar-refractivity contribution < 1.29 is 9.21 Å². The highest BCUT2D eigenvalue weighted by Gasteiger charge is 2.11. The molecular formula is C9H11BrClNO2. The number of hydrogen-bond donors (Lipinski definition) is 1. The molecule has 0 atom stereocenters. The minimum Gasteiger partial charge on any atom is -0.457 e. The van der Waals surface area contributed by atoms with Crippen molar-refractivity contribution >= 4 is 33.4 Å². The van der Waals surface area contributed by atoms with Crippen LogP contribution in [0.3, 0.4) is 0 Å². The summed E-state index contributed by atoms with van der Waals surface area (Å²) < 4.78 is 5.41. The first-order chi connectivity index (χ1) is 6.75. The zero-order chi connectivity index (χ0) is 10.4. The number of nitrogens with one attached hydrogen (secondary N) is 1. The third kappa shape index (κ3) is 3.35. The van der Waals surface area contributed by atoms with Crippen molar-refractivity contribution in [2.45, 2.75) is 12.8 Å². The molecule has 0 saturated heterocycles. The fourth-order valence-corrected chi connectivity index (χ4v) is 1.58. The molecule has 78 valence electrons. The lowest BCUT2D eigenvalue weighted by Gasteiger charge is -2.02. The Morgan fingerprint density at radius 3 is 2.93 bits per heavy atom. The van der Waals surface area contributed by atoms with Gasteiger partial charge in [0.25, 0.3) is 5.91 Å². The van der Waals surface area contributed by atoms with Crippen molar-refractivity contribution in [1.29, 1.82) is 0 Å². The van der Waals surface area contributed by atoms with Crippen LogP contribution in [0, 0.1) is 0 Å². The van der Waals surface area contributed by atoms with E-state index in [0.717, 1.165) is 12.8 Å². The lowest BCUT2D eigenvalue weighted by Crippen LogP contribution is -2.24. The Kier molecular flexibility index (Phi) is 5.04. The smallest absolute Gasteiger partial charge is 0.255 e. The van der Waals surface area contributed by atoms with Crippen LogP contribution >= 0.6 is 27.5 Å². The summed E-state index contributed by atoms with van der Waals surface area (Å²) in [6.45, 7) is 0.642. The van der Waals surface area contributed by atoms with E-state index < -0.39 is 0 Å². The Balaban J connectivity index is 2.32. The highest BCUT2D eigenvalue weighted by Crippen LogP contribution is 2.16. The molecule has 0 fully saturated rings. The summed E-state index contributed by atoms with van der Waals surface area (Å²) in [5.41, 5.74) is 0.524. The number of alkyl halides is 1. The van der Waals surface area contributed by atoms with E-state index >= 15 is 0 Å². The molecule has 1 amide bonds. The number of amides is 1. The van der Waals surface area contributed by atoms with Gasteiger partial charge in [0, 0.05) is 12.4 Å². The van der Waals surface area contributed by atoms with Gasteiger partial charge in [-0.25, -0.2) is 0 Å². The number of halogens is 2. The second kappa shape index (κ2) is 6.09. The normalized spacial score (nSPS) is 10.1. The lowest BCUT2D eigenvalue weighted by atomic mass is 10.3. The molecule has 0 aliphatic heterocycles. The van der Waals surface area contributed by atoms with Crippen molar-refractivity contribution in [3.63, 3.8) is 0 Å². The molecule has 0 aliphatic rings. The van der Waals surface area contributed by atoms with Gasteiger partial charge in [0.2, 0.25) is 0 Å². The summed E-state index contributed by atoms with van der Waals surface area (Å²) in [5.74, 6) is 0.505. The van der Waals surface area contributed by atoms with E-state index in [2.05, 4.69) is 21.2 Å². The fourth-order valence-electron chi connectivity index (χ4n) is 0.972. The van der Waals surface area contributed by atoms with Crippen LogP contribution in [0.5, 0.6) is 0 Å². The molecule has 0 unspecified atom stereocenters. The number of furan rings is 1. The molecule has 1 aromatic rings. The van der Waals surface area contributed by atoms with E-state index in [4.69, 9.17) is 16.0 Å². The van der Waals surface area contributed by atoms with Gasteiger partial charge in [-0.15, -0.1) is 11.6 Å². The summed E-state index contributed by atoms with van der Waals surface area (Å²) in [7, 11) is 0. The third-order valence-electron chi connectivity index (χ3n) is 1.71. The monoisotopic (exact) mass is 279 g/mol. The molecule has 0 aromatic carbocycles. The molecule has 0 saturated carbocycles. The van der Waals surface area contributed by atoms with E-state index in [1.807, 2.05) is 0 Å². The summed E-state index contributed by atoms with van der Waals surface area (Å²) in [6.07, 6.45) is 3.27. The summed E-state index contributed by atoms with van der Waals surface area (Å²) in [6, 6.07) is 1.63. The summed E-state index contributed by atoms with van der Waals surface area (Å²) in [5, 5.41) is 2.77. The Bertz CT molecular complexity index is 301. The predicted molar refractivity (Wildman–Crippen MR) is 58.7 cm³/mol. The Labute approximate surface area is 95.9 Å². The average Bonchev–Trinajstić information content (AvgIpc) is 2.59. The van der Waals surface area contributed by atoms with E-state index in [9.17, 15) is 4.79 Å². The zero-order valence-electron chi connectivity index (χ0n) is 7.56. The molecule has 1 aromatic heterocycles. The molecular weight excluding hydrogens is 269 g/mol. The standard InChI is InChI=1S/C9H11BrClNO2/c10-8-7(3-6-14-8)9(13)12-5-2-1-4-11/h3,6H,1-2,4-5H2,(H,12,13). The van der Waals surface area contributed by atoms with Gasteiger partial charge in [-0.2, -0.15) is 0 Å². The van der Waals surface area contributed by atoms with Gasteiger partial charge in [-0.3, -0.25) is 4.79 Å². The van der Waals surface area contributed by atoms with Crippen LogP contribution in [0.15, 0.2) is 21.4 Å². The largest absolute Gasteiger partial charge is 0.457 e. The first kappa shape index (κ1) is 11.6. The summed E-state index contributed by atoms with van der Waals surface area (Å²) in [4.78, 5) is 11.5. The van der Waals surface area contributed by atoms with Crippen molar-refractivity contribution in [3.8, 4) is 0 Å². The van der Waals surface area contributed by atoms with Crippen LogP contribution in [-0.4, -0.2) is 18.3 Å². The fraction of sp³-hybridized carbons (Fsp3) is 0.444. The Hall–Kier alpha value is -0.480. The number of carbonyl (C=O) groups excluding carboxylic acids is 1. The molecule has 5 heteroatoms. The van der Waals surface area contributed by atoms with Crippen LogP contribution in [-0.2, 0) is 0 Å². The molecule has 1 rings (SSSR count). The Morgan fingerprint density at radius 1 is 1.57 bits per heavy atom. The zero-order valence-corrected chi connectivity index (χ0v) is 9.90. The average molecular weight is 281 g/mol. The van der Waals surface area contributed by atoms with Crippen molar-refractivity contribution in [3.05, 3.63) is 22.6 Å². The molecule has 3 nitrogen and oxygen atoms in total. The number of unbranched alkanes of at least 4 members (excludes halogenated alkanes) is 1. The summed E-state index contributed by atoms with van der Waals surface area (Å²) >= 11 is 8.65. The minimum atomic E-state index is -0.125. The molecule has 0 bridgehead atoms. The van der Waals surface area contributed by atoms with Crippen LogP contribution in [0.25, 0.3) is 0 Å². The van der Waals surface area contributed by atoms with E-state index in [-0.39, 0.29) is 5.91 Å². The van der Waals surface area contributed by atoms with E-state index in [0.29, 0.717) is 22.7 Å². The van der Waals surface area contributed by atoms with Gasteiger partial charge in [0.15, 0.2) is 4.67 Å². The minimum absolute atomic E-state index is 0.125. The Morgan fingerprint density at radius 2 is 2.36 bits per heavy atom. The van der Waals surface area contributed by atoms with Crippen LogP contribution in [0.2, 0.25) is 0 Å². The van der Waals surface area contributed by atoms with Gasteiger partial charge in [-0.1, -0.05) is 0 Å².